The normalized spacial score (nSPS) is 11.5. The molecule has 0 aliphatic heterocycles. The zero-order valence-corrected chi connectivity index (χ0v) is 17.6. The van der Waals surface area contributed by atoms with E-state index in [-0.39, 0.29) is 5.91 Å². The maximum atomic E-state index is 12.0. The second kappa shape index (κ2) is 11.3. The van der Waals surface area contributed by atoms with Gasteiger partial charge in [0.05, 0.1) is 0 Å². The number of hydrogen-bond acceptors (Lipinski definition) is 5. The minimum atomic E-state index is -0.919. The fourth-order valence-corrected chi connectivity index (χ4v) is 2.47. The van der Waals surface area contributed by atoms with Gasteiger partial charge in [-0.25, -0.2) is 4.79 Å². The second-order valence-corrected chi connectivity index (χ2v) is 6.91. The summed E-state index contributed by atoms with van der Waals surface area (Å²) in [7, 11) is 3.30. The van der Waals surface area contributed by atoms with Crippen LogP contribution >= 0.6 is 0 Å². The molecule has 1 atom stereocenters. The number of rotatable bonds is 8. The highest BCUT2D eigenvalue weighted by Crippen LogP contribution is 2.11. The number of nitrogens with one attached hydrogen (secondary N) is 2. The number of carbonyl (C=O) groups excluding carboxylic acids is 4. The van der Waals surface area contributed by atoms with Crippen LogP contribution in [-0.2, 0) is 19.1 Å². The van der Waals surface area contributed by atoms with Gasteiger partial charge < -0.3 is 20.3 Å². The smallest absolute Gasteiger partial charge is 0.328 e. The molecule has 2 aromatic carbocycles. The summed E-state index contributed by atoms with van der Waals surface area (Å²) in [5.41, 5.74) is 1.80. The molecule has 0 aromatic heterocycles. The molecule has 2 aromatic rings. The van der Waals surface area contributed by atoms with Crippen LogP contribution in [0.15, 0.2) is 60.7 Å². The van der Waals surface area contributed by atoms with Crippen molar-refractivity contribution in [3.8, 4) is 0 Å². The topological polar surface area (TPSA) is 105 Å². The van der Waals surface area contributed by atoms with Crippen LogP contribution in [0, 0.1) is 0 Å². The average molecular weight is 423 g/mol. The first-order valence-corrected chi connectivity index (χ1v) is 9.58. The van der Waals surface area contributed by atoms with Gasteiger partial charge in [0.2, 0.25) is 5.91 Å². The Labute approximate surface area is 180 Å². The lowest BCUT2D eigenvalue weighted by Crippen LogP contribution is -2.39. The van der Waals surface area contributed by atoms with Crippen LogP contribution in [0.4, 0.5) is 5.69 Å². The summed E-state index contributed by atoms with van der Waals surface area (Å²) in [6.07, 6.45) is 2.94. The lowest BCUT2D eigenvalue weighted by molar-refractivity contribution is -0.149. The molecule has 3 amide bonds. The Morgan fingerprint density at radius 1 is 1.00 bits per heavy atom. The quantitative estimate of drug-likeness (QED) is 0.500. The standard InChI is InChI=1S/C23H25N3O5/c1-16(24-20(27)14-9-17-7-5-4-6-8-17)23(30)31-15-21(28)25-19-12-10-18(11-13-19)22(29)26(2)3/h4-14,16H,15H2,1-3H3,(H,24,27)(H,25,28)/b14-9+/t16-/m0/s1. The third-order valence-corrected chi connectivity index (χ3v) is 4.11. The monoisotopic (exact) mass is 423 g/mol. The zero-order chi connectivity index (χ0) is 22.8. The highest BCUT2D eigenvalue weighted by molar-refractivity contribution is 5.97. The molecule has 31 heavy (non-hydrogen) atoms. The minimum absolute atomic E-state index is 0.151. The van der Waals surface area contributed by atoms with Crippen LogP contribution in [0.2, 0.25) is 0 Å². The van der Waals surface area contributed by atoms with Crippen molar-refractivity contribution in [1.29, 1.82) is 0 Å². The fraction of sp³-hybridized carbons (Fsp3) is 0.217. The highest BCUT2D eigenvalue weighted by Gasteiger charge is 2.17. The Bertz CT molecular complexity index is 953. The van der Waals surface area contributed by atoms with Crippen LogP contribution in [0.1, 0.15) is 22.8 Å². The molecule has 0 saturated carbocycles. The Kier molecular flexibility index (Phi) is 8.51. The van der Waals surface area contributed by atoms with Crippen molar-refractivity contribution in [2.24, 2.45) is 0 Å². The van der Waals surface area contributed by atoms with Crippen molar-refractivity contribution in [3.63, 3.8) is 0 Å². The van der Waals surface area contributed by atoms with Gasteiger partial charge in [0, 0.05) is 31.4 Å². The van der Waals surface area contributed by atoms with Crippen molar-refractivity contribution >= 4 is 35.5 Å². The van der Waals surface area contributed by atoms with Gasteiger partial charge in [-0.05, 0) is 42.8 Å². The molecule has 0 unspecified atom stereocenters. The van der Waals surface area contributed by atoms with E-state index in [0.29, 0.717) is 11.3 Å². The van der Waals surface area contributed by atoms with E-state index in [9.17, 15) is 19.2 Å². The first-order chi connectivity index (χ1) is 14.8. The largest absolute Gasteiger partial charge is 0.454 e. The predicted octanol–water partition coefficient (Wildman–Crippen LogP) is 2.09. The molecule has 0 aliphatic carbocycles. The number of benzene rings is 2. The fourth-order valence-electron chi connectivity index (χ4n) is 2.47. The summed E-state index contributed by atoms with van der Waals surface area (Å²) in [6.45, 7) is 0.965. The van der Waals surface area contributed by atoms with Gasteiger partial charge in [-0.2, -0.15) is 0 Å². The average Bonchev–Trinajstić information content (AvgIpc) is 2.76. The lowest BCUT2D eigenvalue weighted by Gasteiger charge is -2.13. The van der Waals surface area contributed by atoms with E-state index < -0.39 is 30.4 Å². The van der Waals surface area contributed by atoms with Crippen LogP contribution in [-0.4, -0.2) is 55.3 Å². The van der Waals surface area contributed by atoms with Gasteiger partial charge in [0.15, 0.2) is 6.61 Å². The van der Waals surface area contributed by atoms with Crippen LogP contribution in [0.3, 0.4) is 0 Å². The number of amides is 3. The van der Waals surface area contributed by atoms with Crippen LogP contribution < -0.4 is 10.6 Å². The van der Waals surface area contributed by atoms with Crippen molar-refractivity contribution in [2.45, 2.75) is 13.0 Å². The van der Waals surface area contributed by atoms with E-state index in [2.05, 4.69) is 10.6 Å². The number of carbonyl (C=O) groups is 4. The summed E-state index contributed by atoms with van der Waals surface area (Å²) in [5.74, 6) is -1.88. The molecular weight excluding hydrogens is 398 g/mol. The summed E-state index contributed by atoms with van der Waals surface area (Å²) in [5, 5.41) is 5.05. The molecule has 162 valence electrons. The summed E-state index contributed by atoms with van der Waals surface area (Å²) in [6, 6.07) is 14.7. The first kappa shape index (κ1) is 23.3. The van der Waals surface area contributed by atoms with E-state index in [1.165, 1.54) is 17.9 Å². The molecule has 0 fully saturated rings. The maximum absolute atomic E-state index is 12.0. The van der Waals surface area contributed by atoms with Crippen molar-refractivity contribution in [2.75, 3.05) is 26.0 Å². The van der Waals surface area contributed by atoms with Crippen LogP contribution in [0.25, 0.3) is 6.08 Å². The molecular formula is C23H25N3O5. The minimum Gasteiger partial charge on any atom is -0.454 e. The number of anilines is 1. The molecule has 2 rings (SSSR count). The number of nitrogens with zero attached hydrogens (tertiary/aromatic N) is 1. The molecule has 0 radical (unpaired) electrons. The van der Waals surface area contributed by atoms with Gasteiger partial charge in [-0.3, -0.25) is 14.4 Å². The van der Waals surface area contributed by atoms with E-state index in [1.54, 1.807) is 44.4 Å². The molecule has 8 nitrogen and oxygen atoms in total. The highest BCUT2D eigenvalue weighted by atomic mass is 16.5. The number of esters is 1. The van der Waals surface area contributed by atoms with Crippen molar-refractivity contribution < 1.29 is 23.9 Å². The van der Waals surface area contributed by atoms with Gasteiger partial charge in [-0.1, -0.05) is 30.3 Å². The Morgan fingerprint density at radius 2 is 1.65 bits per heavy atom. The molecule has 0 saturated heterocycles. The van der Waals surface area contributed by atoms with Crippen molar-refractivity contribution in [1.82, 2.24) is 10.2 Å². The zero-order valence-electron chi connectivity index (χ0n) is 17.6. The molecule has 0 spiro atoms. The summed E-state index contributed by atoms with van der Waals surface area (Å²) < 4.78 is 4.94. The summed E-state index contributed by atoms with van der Waals surface area (Å²) >= 11 is 0. The molecule has 8 heteroatoms. The third-order valence-electron chi connectivity index (χ3n) is 4.11. The molecule has 0 aliphatic rings. The first-order valence-electron chi connectivity index (χ1n) is 9.58. The third kappa shape index (κ3) is 7.77. The predicted molar refractivity (Wildman–Crippen MR) is 117 cm³/mol. The second-order valence-electron chi connectivity index (χ2n) is 6.91. The number of ether oxygens (including phenoxy) is 1. The van der Waals surface area contributed by atoms with E-state index in [1.807, 2.05) is 30.3 Å². The molecule has 2 N–H and O–H groups in total. The van der Waals surface area contributed by atoms with Gasteiger partial charge in [0.25, 0.3) is 11.8 Å². The van der Waals surface area contributed by atoms with Gasteiger partial charge >= 0.3 is 5.97 Å². The van der Waals surface area contributed by atoms with Gasteiger partial charge in [0.1, 0.15) is 6.04 Å². The molecule has 0 bridgehead atoms. The Morgan fingerprint density at radius 3 is 2.26 bits per heavy atom. The van der Waals surface area contributed by atoms with E-state index in [4.69, 9.17) is 4.74 Å². The van der Waals surface area contributed by atoms with Gasteiger partial charge in [-0.15, -0.1) is 0 Å². The molecule has 0 heterocycles. The number of hydrogen-bond donors (Lipinski definition) is 2. The van der Waals surface area contributed by atoms with E-state index >= 15 is 0 Å². The lowest BCUT2D eigenvalue weighted by atomic mass is 10.2. The van der Waals surface area contributed by atoms with Crippen LogP contribution in [0.5, 0.6) is 0 Å². The Balaban J connectivity index is 1.76. The maximum Gasteiger partial charge on any atom is 0.328 e. The Hall–Kier alpha value is -3.94. The van der Waals surface area contributed by atoms with E-state index in [0.717, 1.165) is 5.56 Å². The SMILES string of the molecule is C[C@H](NC(=O)/C=C/c1ccccc1)C(=O)OCC(=O)Nc1ccc(C(=O)N(C)C)cc1. The summed E-state index contributed by atoms with van der Waals surface area (Å²) in [4.78, 5) is 49.2. The van der Waals surface area contributed by atoms with Crippen molar-refractivity contribution in [3.05, 3.63) is 71.8 Å².